The van der Waals surface area contributed by atoms with Crippen molar-refractivity contribution in [3.8, 4) is 11.3 Å². The van der Waals surface area contributed by atoms with Crippen LogP contribution in [0.2, 0.25) is 5.02 Å². The van der Waals surface area contributed by atoms with Crippen molar-refractivity contribution in [1.82, 2.24) is 14.3 Å². The molecule has 1 aromatic carbocycles. The Balaban J connectivity index is 2.35. The number of halogens is 1. The lowest BCUT2D eigenvalue weighted by molar-refractivity contribution is 0.780. The minimum Gasteiger partial charge on any atom is -0.382 e. The number of hydrogen-bond acceptors (Lipinski definition) is 2. The first-order chi connectivity index (χ1) is 8.56. The molecule has 92 valence electrons. The van der Waals surface area contributed by atoms with Gasteiger partial charge in [0.2, 0.25) is 0 Å². The van der Waals surface area contributed by atoms with Crippen LogP contribution >= 0.6 is 11.6 Å². The summed E-state index contributed by atoms with van der Waals surface area (Å²) >= 11 is 6.08. The molecule has 0 amide bonds. The topological polar surface area (TPSA) is 48.8 Å². The van der Waals surface area contributed by atoms with Gasteiger partial charge in [0.15, 0.2) is 0 Å². The Bertz CT molecular complexity index is 739. The maximum Gasteiger partial charge on any atom is 0.146 e. The summed E-state index contributed by atoms with van der Waals surface area (Å²) in [6, 6.07) is 7.75. The molecule has 0 unspecified atom stereocenters. The zero-order chi connectivity index (χ0) is 12.9. The van der Waals surface area contributed by atoms with Gasteiger partial charge in [-0.25, -0.2) is 0 Å². The van der Waals surface area contributed by atoms with Crippen LogP contribution in [0, 0.1) is 0 Å². The van der Waals surface area contributed by atoms with Gasteiger partial charge in [0.05, 0.1) is 5.69 Å². The summed E-state index contributed by atoms with van der Waals surface area (Å²) in [7, 11) is 3.90. The summed E-state index contributed by atoms with van der Waals surface area (Å²) in [6.45, 7) is 0. The minimum atomic E-state index is 0.520. The molecule has 3 aromatic rings. The van der Waals surface area contributed by atoms with Gasteiger partial charge >= 0.3 is 0 Å². The summed E-state index contributed by atoms with van der Waals surface area (Å²) in [5.41, 5.74) is 8.94. The van der Waals surface area contributed by atoms with Crippen LogP contribution in [0.3, 0.4) is 0 Å². The van der Waals surface area contributed by atoms with E-state index in [1.54, 1.807) is 4.68 Å². The van der Waals surface area contributed by atoms with Crippen molar-refractivity contribution in [3.05, 3.63) is 35.5 Å². The zero-order valence-electron chi connectivity index (χ0n) is 10.2. The molecule has 5 heteroatoms. The number of aryl methyl sites for hydroxylation is 2. The van der Waals surface area contributed by atoms with Crippen molar-refractivity contribution in [2.24, 2.45) is 14.1 Å². The van der Waals surface area contributed by atoms with Crippen LogP contribution < -0.4 is 5.73 Å². The maximum absolute atomic E-state index is 6.08. The largest absolute Gasteiger partial charge is 0.382 e. The van der Waals surface area contributed by atoms with E-state index in [0.717, 1.165) is 27.2 Å². The molecule has 0 aliphatic rings. The third kappa shape index (κ3) is 1.57. The number of fused-ring (bicyclic) bond motifs is 1. The van der Waals surface area contributed by atoms with Gasteiger partial charge in [-0.15, -0.1) is 0 Å². The van der Waals surface area contributed by atoms with E-state index in [1.165, 1.54) is 0 Å². The number of benzene rings is 1. The van der Waals surface area contributed by atoms with Crippen molar-refractivity contribution in [3.63, 3.8) is 0 Å². The van der Waals surface area contributed by atoms with E-state index in [2.05, 4.69) is 15.9 Å². The SMILES string of the molecule is Cn1nc(N)cc1-c1cn(C)c2ccc(Cl)cc12. The normalized spacial score (nSPS) is 11.3. The lowest BCUT2D eigenvalue weighted by atomic mass is 10.1. The second-order valence-electron chi connectivity index (χ2n) is 4.39. The fourth-order valence-electron chi connectivity index (χ4n) is 2.31. The predicted octanol–water partition coefficient (Wildman–Crippen LogP) is 2.81. The Morgan fingerprint density at radius 1 is 1.22 bits per heavy atom. The summed E-state index contributed by atoms with van der Waals surface area (Å²) in [5.74, 6) is 0.520. The van der Waals surface area contributed by atoms with Crippen LogP contribution in [0.15, 0.2) is 30.5 Å². The van der Waals surface area contributed by atoms with Crippen LogP contribution in [0.4, 0.5) is 5.82 Å². The number of aromatic nitrogens is 3. The first-order valence-electron chi connectivity index (χ1n) is 5.61. The Hall–Kier alpha value is -1.94. The van der Waals surface area contributed by atoms with Crippen LogP contribution in [-0.4, -0.2) is 14.3 Å². The van der Waals surface area contributed by atoms with E-state index < -0.39 is 0 Å². The number of nitrogens with zero attached hydrogens (tertiary/aromatic N) is 3. The fourth-order valence-corrected chi connectivity index (χ4v) is 2.48. The van der Waals surface area contributed by atoms with Gasteiger partial charge in [0.1, 0.15) is 5.82 Å². The molecule has 0 saturated heterocycles. The number of anilines is 1. The number of rotatable bonds is 1. The monoisotopic (exact) mass is 260 g/mol. The minimum absolute atomic E-state index is 0.520. The lowest BCUT2D eigenvalue weighted by Gasteiger charge is -2.00. The molecule has 0 atom stereocenters. The fraction of sp³-hybridized carbons (Fsp3) is 0.154. The number of nitrogen functional groups attached to an aromatic ring is 1. The molecule has 4 nitrogen and oxygen atoms in total. The molecule has 0 saturated carbocycles. The molecule has 0 aliphatic carbocycles. The molecule has 0 fully saturated rings. The average molecular weight is 261 g/mol. The standard InChI is InChI=1S/C13H13ClN4/c1-17-7-10(12-6-13(15)16-18(12)2)9-5-8(14)3-4-11(9)17/h3-7H,1-2H3,(H2,15,16). The van der Waals surface area contributed by atoms with Gasteiger partial charge in [-0.2, -0.15) is 5.10 Å². The lowest BCUT2D eigenvalue weighted by Crippen LogP contribution is -1.94. The quantitative estimate of drug-likeness (QED) is 0.731. The molecule has 2 aromatic heterocycles. The molecule has 0 aliphatic heterocycles. The molecule has 3 rings (SSSR count). The van der Waals surface area contributed by atoms with Crippen LogP contribution in [-0.2, 0) is 14.1 Å². The highest BCUT2D eigenvalue weighted by atomic mass is 35.5. The molecular formula is C13H13ClN4. The van der Waals surface area contributed by atoms with Crippen molar-refractivity contribution in [2.45, 2.75) is 0 Å². The van der Waals surface area contributed by atoms with Crippen molar-refractivity contribution in [2.75, 3.05) is 5.73 Å². The molecule has 18 heavy (non-hydrogen) atoms. The Kier molecular flexibility index (Phi) is 2.35. The van der Waals surface area contributed by atoms with Crippen molar-refractivity contribution < 1.29 is 0 Å². The third-order valence-electron chi connectivity index (χ3n) is 3.13. The van der Waals surface area contributed by atoms with Gasteiger partial charge in [0.25, 0.3) is 0 Å². The number of hydrogen-bond donors (Lipinski definition) is 1. The van der Waals surface area contributed by atoms with Gasteiger partial charge < -0.3 is 10.3 Å². The zero-order valence-corrected chi connectivity index (χ0v) is 10.9. The van der Waals surface area contributed by atoms with E-state index in [9.17, 15) is 0 Å². The molecular weight excluding hydrogens is 248 g/mol. The highest BCUT2D eigenvalue weighted by molar-refractivity contribution is 6.31. The predicted molar refractivity (Wildman–Crippen MR) is 74.5 cm³/mol. The van der Waals surface area contributed by atoms with Crippen molar-refractivity contribution in [1.29, 1.82) is 0 Å². The Morgan fingerprint density at radius 2 is 2.00 bits per heavy atom. The second kappa shape index (κ2) is 3.78. The number of nitrogens with two attached hydrogens (primary N) is 1. The average Bonchev–Trinajstić information content (AvgIpc) is 2.79. The third-order valence-corrected chi connectivity index (χ3v) is 3.36. The van der Waals surface area contributed by atoms with Crippen molar-refractivity contribution >= 4 is 28.3 Å². The summed E-state index contributed by atoms with van der Waals surface area (Å²) < 4.78 is 3.86. The first-order valence-corrected chi connectivity index (χ1v) is 5.98. The summed E-state index contributed by atoms with van der Waals surface area (Å²) in [4.78, 5) is 0. The summed E-state index contributed by atoms with van der Waals surface area (Å²) in [6.07, 6.45) is 2.07. The molecule has 2 N–H and O–H groups in total. The van der Waals surface area contributed by atoms with Gasteiger partial charge in [0, 0.05) is 47.8 Å². The first kappa shape index (κ1) is 11.2. The van der Waals surface area contributed by atoms with Crippen LogP contribution in [0.5, 0.6) is 0 Å². The van der Waals surface area contributed by atoms with Crippen LogP contribution in [0.1, 0.15) is 0 Å². The van der Waals surface area contributed by atoms with Gasteiger partial charge in [-0.1, -0.05) is 11.6 Å². The molecule has 0 radical (unpaired) electrons. The van der Waals surface area contributed by atoms with E-state index in [4.69, 9.17) is 17.3 Å². The smallest absolute Gasteiger partial charge is 0.146 e. The summed E-state index contributed by atoms with van der Waals surface area (Å²) in [5, 5.41) is 6.01. The molecule has 2 heterocycles. The Labute approximate surface area is 110 Å². The van der Waals surface area contributed by atoms with Crippen LogP contribution in [0.25, 0.3) is 22.2 Å². The Morgan fingerprint density at radius 3 is 2.67 bits per heavy atom. The van der Waals surface area contributed by atoms with E-state index in [0.29, 0.717) is 5.82 Å². The van der Waals surface area contributed by atoms with Gasteiger partial charge in [-0.3, -0.25) is 4.68 Å². The van der Waals surface area contributed by atoms with E-state index in [1.807, 2.05) is 38.4 Å². The van der Waals surface area contributed by atoms with E-state index in [-0.39, 0.29) is 0 Å². The highest BCUT2D eigenvalue weighted by Crippen LogP contribution is 2.32. The molecule has 0 spiro atoms. The van der Waals surface area contributed by atoms with E-state index >= 15 is 0 Å². The second-order valence-corrected chi connectivity index (χ2v) is 4.83. The maximum atomic E-state index is 6.08. The van der Waals surface area contributed by atoms with Gasteiger partial charge in [-0.05, 0) is 18.2 Å². The molecule has 0 bridgehead atoms. The highest BCUT2D eigenvalue weighted by Gasteiger charge is 2.13.